The zero-order valence-electron chi connectivity index (χ0n) is 17.8. The monoisotopic (exact) mass is 452 g/mol. The lowest BCUT2D eigenvalue weighted by Crippen LogP contribution is -2.61. The van der Waals surface area contributed by atoms with Crippen molar-refractivity contribution in [2.24, 2.45) is 46.3 Å². The van der Waals surface area contributed by atoms with E-state index in [0.29, 0.717) is 47.2 Å². The van der Waals surface area contributed by atoms with Crippen LogP contribution in [0.4, 0.5) is 0 Å². The summed E-state index contributed by atoms with van der Waals surface area (Å²) >= 11 is 3.96. The van der Waals surface area contributed by atoms with Crippen LogP contribution < -0.4 is 0 Å². The van der Waals surface area contributed by atoms with Crippen LogP contribution in [0.2, 0.25) is 0 Å². The molecule has 28 heavy (non-hydrogen) atoms. The first-order valence-electron chi connectivity index (χ1n) is 11.6. The molecule has 0 heterocycles. The fourth-order valence-corrected chi connectivity index (χ4v) is 10.0. The van der Waals surface area contributed by atoms with Crippen LogP contribution in [0.3, 0.4) is 0 Å². The summed E-state index contributed by atoms with van der Waals surface area (Å²) < 4.78 is 0. The number of aliphatic carboxylic acids is 1. The Kier molecular flexibility index (Phi) is 5.51. The molecule has 0 aromatic heterocycles. The first-order valence-corrected chi connectivity index (χ1v) is 12.5. The van der Waals surface area contributed by atoms with E-state index in [-0.39, 0.29) is 16.7 Å². The van der Waals surface area contributed by atoms with Crippen LogP contribution in [0.25, 0.3) is 0 Å². The average molecular weight is 453 g/mol. The van der Waals surface area contributed by atoms with Crippen molar-refractivity contribution in [1.82, 2.24) is 0 Å². The quantitative estimate of drug-likeness (QED) is 0.524. The van der Waals surface area contributed by atoms with Crippen molar-refractivity contribution in [3.8, 4) is 0 Å². The number of carbonyl (C=O) groups is 2. The number of carboxylic acid groups (broad SMARTS) is 1. The Morgan fingerprint density at radius 3 is 2.64 bits per heavy atom. The van der Waals surface area contributed by atoms with Gasteiger partial charge in [0.2, 0.25) is 0 Å². The van der Waals surface area contributed by atoms with Gasteiger partial charge in [0, 0.05) is 11.8 Å². The number of hydrogen-bond acceptors (Lipinski definition) is 2. The number of halogens is 1. The lowest BCUT2D eigenvalue weighted by atomic mass is 9.44. The van der Waals surface area contributed by atoms with Crippen molar-refractivity contribution in [1.29, 1.82) is 0 Å². The van der Waals surface area contributed by atoms with Gasteiger partial charge >= 0.3 is 5.97 Å². The number of fused-ring (bicyclic) bond motifs is 5. The van der Waals surface area contributed by atoms with Crippen molar-refractivity contribution in [2.75, 3.05) is 0 Å². The average Bonchev–Trinajstić information content (AvgIpc) is 3.01. The molecule has 4 aliphatic carbocycles. The van der Waals surface area contributed by atoms with Gasteiger partial charge in [0.1, 0.15) is 0 Å². The third kappa shape index (κ3) is 2.94. The summed E-state index contributed by atoms with van der Waals surface area (Å²) in [5.74, 6) is 2.80. The summed E-state index contributed by atoms with van der Waals surface area (Å²) in [6.45, 7) is 6.93. The molecular formula is C24H37BrO3. The molecule has 4 heteroatoms. The summed E-state index contributed by atoms with van der Waals surface area (Å²) in [7, 11) is 0. The molecule has 4 rings (SSSR count). The lowest BCUT2D eigenvalue weighted by molar-refractivity contribution is -0.155. The summed E-state index contributed by atoms with van der Waals surface area (Å²) in [6, 6.07) is 0. The number of hydrogen-bond donors (Lipinski definition) is 1. The molecule has 0 spiro atoms. The van der Waals surface area contributed by atoms with E-state index in [1.807, 2.05) is 0 Å². The molecule has 0 bridgehead atoms. The SMILES string of the molecule is CC(CCC(=O)O)C1CCC2C3CCC4CCCCC4(C)[C@H]3[C@H](Br)C(=O)C12C. The van der Waals surface area contributed by atoms with Crippen molar-refractivity contribution < 1.29 is 14.7 Å². The molecule has 0 radical (unpaired) electrons. The highest BCUT2D eigenvalue weighted by molar-refractivity contribution is 9.10. The minimum absolute atomic E-state index is 0.0167. The summed E-state index contributed by atoms with van der Waals surface area (Å²) in [6.07, 6.45) is 11.1. The molecule has 0 aromatic carbocycles. The van der Waals surface area contributed by atoms with E-state index in [2.05, 4.69) is 36.7 Å². The second-order valence-corrected chi connectivity index (χ2v) is 12.0. The maximum absolute atomic E-state index is 13.9. The topological polar surface area (TPSA) is 54.4 Å². The summed E-state index contributed by atoms with van der Waals surface area (Å²) in [5, 5.41) is 9.11. The van der Waals surface area contributed by atoms with E-state index >= 15 is 0 Å². The molecule has 4 fully saturated rings. The van der Waals surface area contributed by atoms with Crippen LogP contribution >= 0.6 is 15.9 Å². The number of carboxylic acids is 1. The van der Waals surface area contributed by atoms with Crippen LogP contribution in [0, 0.1) is 46.3 Å². The molecule has 0 aromatic rings. The fraction of sp³-hybridized carbons (Fsp3) is 0.917. The lowest BCUT2D eigenvalue weighted by Gasteiger charge is -2.61. The highest BCUT2D eigenvalue weighted by Crippen LogP contribution is 2.68. The van der Waals surface area contributed by atoms with Gasteiger partial charge in [-0.05, 0) is 85.9 Å². The van der Waals surface area contributed by atoms with Gasteiger partial charge in [0.05, 0.1) is 4.83 Å². The Hall–Kier alpha value is -0.380. The van der Waals surface area contributed by atoms with Crippen molar-refractivity contribution >= 4 is 27.7 Å². The van der Waals surface area contributed by atoms with Gasteiger partial charge in [-0.2, -0.15) is 0 Å². The molecule has 9 atom stereocenters. The highest BCUT2D eigenvalue weighted by atomic mass is 79.9. The Bertz CT molecular complexity index is 648. The van der Waals surface area contributed by atoms with Crippen LogP contribution in [0.1, 0.15) is 85.0 Å². The van der Waals surface area contributed by atoms with E-state index in [9.17, 15) is 9.59 Å². The van der Waals surface area contributed by atoms with E-state index in [4.69, 9.17) is 5.11 Å². The molecule has 7 unspecified atom stereocenters. The minimum Gasteiger partial charge on any atom is -0.481 e. The predicted octanol–water partition coefficient (Wildman–Crippen LogP) is 6.09. The number of alkyl halides is 1. The largest absolute Gasteiger partial charge is 0.481 e. The van der Waals surface area contributed by atoms with Gasteiger partial charge in [0.25, 0.3) is 0 Å². The number of carbonyl (C=O) groups excluding carboxylic acids is 1. The summed E-state index contributed by atoms with van der Waals surface area (Å²) in [5.41, 5.74) is 0.0461. The van der Waals surface area contributed by atoms with Gasteiger partial charge in [-0.1, -0.05) is 49.5 Å². The molecule has 158 valence electrons. The minimum atomic E-state index is -0.719. The van der Waals surface area contributed by atoms with Gasteiger partial charge in [-0.25, -0.2) is 0 Å². The van der Waals surface area contributed by atoms with Crippen LogP contribution in [-0.2, 0) is 9.59 Å². The third-order valence-electron chi connectivity index (χ3n) is 9.97. The molecule has 0 saturated heterocycles. The maximum atomic E-state index is 13.9. The van der Waals surface area contributed by atoms with Crippen LogP contribution in [-0.4, -0.2) is 21.7 Å². The number of ketones is 1. The second-order valence-electron chi connectivity index (χ2n) is 11.0. The normalized spacial score (nSPS) is 49.1. The number of Topliss-reactive ketones (excluding diaryl/α,β-unsaturated/α-hetero) is 1. The van der Waals surface area contributed by atoms with Crippen LogP contribution in [0.5, 0.6) is 0 Å². The summed E-state index contributed by atoms with van der Waals surface area (Å²) in [4.78, 5) is 25.0. The van der Waals surface area contributed by atoms with E-state index in [0.717, 1.165) is 18.8 Å². The van der Waals surface area contributed by atoms with Crippen molar-refractivity contribution in [3.05, 3.63) is 0 Å². The van der Waals surface area contributed by atoms with E-state index in [1.165, 1.54) is 38.5 Å². The van der Waals surface area contributed by atoms with Gasteiger partial charge in [0.15, 0.2) is 5.78 Å². The van der Waals surface area contributed by atoms with Gasteiger partial charge in [-0.3, -0.25) is 9.59 Å². The molecule has 3 nitrogen and oxygen atoms in total. The Labute approximate surface area is 178 Å². The van der Waals surface area contributed by atoms with Crippen molar-refractivity contribution in [3.63, 3.8) is 0 Å². The van der Waals surface area contributed by atoms with Crippen LogP contribution in [0.15, 0.2) is 0 Å². The Balaban J connectivity index is 1.63. The molecule has 0 aliphatic heterocycles. The predicted molar refractivity (Wildman–Crippen MR) is 114 cm³/mol. The zero-order valence-corrected chi connectivity index (χ0v) is 19.3. The number of rotatable bonds is 4. The van der Waals surface area contributed by atoms with E-state index in [1.54, 1.807) is 0 Å². The van der Waals surface area contributed by atoms with Gasteiger partial charge < -0.3 is 5.11 Å². The van der Waals surface area contributed by atoms with Gasteiger partial charge in [-0.15, -0.1) is 0 Å². The zero-order chi connectivity index (χ0) is 20.3. The Morgan fingerprint density at radius 2 is 1.93 bits per heavy atom. The fourth-order valence-electron chi connectivity index (χ4n) is 8.55. The molecule has 0 amide bonds. The van der Waals surface area contributed by atoms with E-state index < -0.39 is 5.97 Å². The second kappa shape index (κ2) is 7.39. The smallest absolute Gasteiger partial charge is 0.303 e. The molecular weight excluding hydrogens is 416 g/mol. The Morgan fingerprint density at radius 1 is 1.18 bits per heavy atom. The first kappa shape index (κ1) is 20.9. The van der Waals surface area contributed by atoms with Crippen molar-refractivity contribution in [2.45, 2.75) is 89.8 Å². The third-order valence-corrected chi connectivity index (χ3v) is 11.0. The molecule has 4 aliphatic rings. The standard InChI is InChI=1S/C24H37BrO3/c1-14(7-12-19(26)27)17-10-11-18-16-9-8-15-6-4-5-13-23(15,2)20(16)21(25)22(28)24(17,18)3/h14-18,20-21H,4-13H2,1-3H3,(H,26,27)/t14?,15?,16?,17?,18?,20-,21+,23?,24?/m1/s1. The first-order chi connectivity index (χ1) is 13.2. The molecule has 1 N–H and O–H groups in total. The maximum Gasteiger partial charge on any atom is 0.303 e. The molecule has 4 saturated carbocycles. The highest BCUT2D eigenvalue weighted by Gasteiger charge is 2.66.